The zero-order valence-electron chi connectivity index (χ0n) is 6.12. The molecule has 0 fully saturated rings. The minimum atomic E-state index is 0.437. The summed E-state index contributed by atoms with van der Waals surface area (Å²) in [5, 5.41) is 0. The van der Waals surface area contributed by atoms with Crippen LogP contribution in [0.25, 0.3) is 0 Å². The summed E-state index contributed by atoms with van der Waals surface area (Å²) in [5.41, 5.74) is 0.880. The van der Waals surface area contributed by atoms with Gasteiger partial charge in [0.15, 0.2) is 0 Å². The first-order valence-corrected chi connectivity index (χ1v) is 3.50. The van der Waals surface area contributed by atoms with Gasteiger partial charge in [-0.2, -0.15) is 0 Å². The molecule has 1 rings (SSSR count). The van der Waals surface area contributed by atoms with Crippen molar-refractivity contribution in [3.05, 3.63) is 35.9 Å². The van der Waals surface area contributed by atoms with E-state index in [1.165, 1.54) is 7.11 Å². The van der Waals surface area contributed by atoms with E-state index in [0.717, 1.165) is 5.56 Å². The minimum Gasteiger partial charge on any atom is -0.480 e. The third-order valence-corrected chi connectivity index (χ3v) is 1.44. The predicted octanol–water partition coefficient (Wildman–Crippen LogP) is 2.23. The molecule has 0 aliphatic rings. The van der Waals surface area contributed by atoms with Gasteiger partial charge >= 0.3 is 0 Å². The Morgan fingerprint density at radius 3 is 2.45 bits per heavy atom. The molecule has 0 saturated heterocycles. The van der Waals surface area contributed by atoms with Crippen LogP contribution >= 0.6 is 11.8 Å². The summed E-state index contributed by atoms with van der Waals surface area (Å²) in [6.07, 6.45) is 0. The molecule has 2 nitrogen and oxygen atoms in total. The van der Waals surface area contributed by atoms with Gasteiger partial charge in [-0.1, -0.05) is 18.2 Å². The maximum absolute atomic E-state index is 5.27. The van der Waals surface area contributed by atoms with E-state index in [1.54, 1.807) is 0 Å². The highest BCUT2D eigenvalue weighted by Gasteiger charge is 1.99. The summed E-state index contributed by atoms with van der Waals surface area (Å²) in [7, 11) is 1.54. The number of nitrogens with zero attached hydrogens (tertiary/aromatic N) is 1. The molecule has 0 aliphatic heterocycles. The monoisotopic (exact) mass is 169 g/mol. The fraction of sp³-hybridized carbons (Fsp3) is 0.125. The van der Waals surface area contributed by atoms with E-state index in [0.29, 0.717) is 5.90 Å². The van der Waals surface area contributed by atoms with Crippen LogP contribution in [0.2, 0.25) is 0 Å². The molecule has 0 aliphatic carbocycles. The Hall–Kier alpha value is -1.02. The molecule has 3 heteroatoms. The van der Waals surface area contributed by atoms with Crippen LogP contribution in [0.3, 0.4) is 0 Å². The first-order chi connectivity index (χ1) is 5.38. The van der Waals surface area contributed by atoms with E-state index in [9.17, 15) is 0 Å². The second-order valence-electron chi connectivity index (χ2n) is 1.96. The highest BCUT2D eigenvalue weighted by molar-refractivity contribution is 6.21. The average Bonchev–Trinajstić information content (AvgIpc) is 2.09. The van der Waals surface area contributed by atoms with Crippen molar-refractivity contribution in [3.8, 4) is 0 Å². The first kappa shape index (κ1) is 8.08. The van der Waals surface area contributed by atoms with Crippen LogP contribution in [0, 0.1) is 0 Å². The highest BCUT2D eigenvalue weighted by atomic mass is 35.5. The molecule has 58 valence electrons. The molecule has 0 unspecified atom stereocenters. The quantitative estimate of drug-likeness (QED) is 0.467. The van der Waals surface area contributed by atoms with Crippen molar-refractivity contribution in [2.45, 2.75) is 0 Å². The van der Waals surface area contributed by atoms with Crippen molar-refractivity contribution in [2.24, 2.45) is 4.51 Å². The van der Waals surface area contributed by atoms with E-state index in [-0.39, 0.29) is 0 Å². The third kappa shape index (κ3) is 1.95. The van der Waals surface area contributed by atoms with Gasteiger partial charge in [0.25, 0.3) is 0 Å². The van der Waals surface area contributed by atoms with E-state index in [2.05, 4.69) is 4.51 Å². The third-order valence-electron chi connectivity index (χ3n) is 1.29. The smallest absolute Gasteiger partial charge is 0.232 e. The molecule has 0 atom stereocenters. The summed E-state index contributed by atoms with van der Waals surface area (Å²) in [5.74, 6) is 0.437. The lowest BCUT2D eigenvalue weighted by molar-refractivity contribution is 0.406. The Bertz CT molecular complexity index is 246. The van der Waals surface area contributed by atoms with Crippen LogP contribution in [-0.4, -0.2) is 13.0 Å². The molecule has 0 radical (unpaired) electrons. The lowest BCUT2D eigenvalue weighted by Gasteiger charge is -2.00. The van der Waals surface area contributed by atoms with Gasteiger partial charge < -0.3 is 4.74 Å². The maximum Gasteiger partial charge on any atom is 0.232 e. The van der Waals surface area contributed by atoms with Crippen LogP contribution in [0.1, 0.15) is 5.56 Å². The second kappa shape index (κ2) is 3.98. The molecule has 0 amide bonds. The van der Waals surface area contributed by atoms with Crippen LogP contribution in [0.15, 0.2) is 34.8 Å². The van der Waals surface area contributed by atoms with Crippen molar-refractivity contribution >= 4 is 17.7 Å². The topological polar surface area (TPSA) is 21.6 Å². The van der Waals surface area contributed by atoms with Gasteiger partial charge in [0.2, 0.25) is 5.90 Å². The zero-order chi connectivity index (χ0) is 8.10. The Kier molecular flexibility index (Phi) is 2.93. The van der Waals surface area contributed by atoms with Crippen molar-refractivity contribution < 1.29 is 4.74 Å². The maximum atomic E-state index is 5.27. The molecule has 0 heterocycles. The summed E-state index contributed by atoms with van der Waals surface area (Å²) >= 11 is 5.27. The van der Waals surface area contributed by atoms with Gasteiger partial charge in [-0.05, 0) is 12.1 Å². The second-order valence-corrected chi connectivity index (χ2v) is 2.13. The van der Waals surface area contributed by atoms with E-state index < -0.39 is 0 Å². The van der Waals surface area contributed by atoms with Crippen LogP contribution in [0.4, 0.5) is 0 Å². The molecular weight excluding hydrogens is 162 g/mol. The van der Waals surface area contributed by atoms with Gasteiger partial charge in [-0.15, -0.1) is 4.51 Å². The molecular formula is C8H8ClNO. The normalized spacial score (nSPS) is 11.3. The molecule has 0 saturated carbocycles. The van der Waals surface area contributed by atoms with E-state index >= 15 is 0 Å². The van der Waals surface area contributed by atoms with Crippen molar-refractivity contribution in [3.63, 3.8) is 0 Å². The fourth-order valence-electron chi connectivity index (χ4n) is 0.782. The lowest BCUT2D eigenvalue weighted by Crippen LogP contribution is -2.00. The highest BCUT2D eigenvalue weighted by Crippen LogP contribution is 2.02. The SMILES string of the molecule is CO/C(=N\Cl)c1ccccc1. The van der Waals surface area contributed by atoms with E-state index in [4.69, 9.17) is 16.5 Å². The predicted molar refractivity (Wildman–Crippen MR) is 45.8 cm³/mol. The standard InChI is InChI=1S/C8H8ClNO/c1-11-8(10-9)7-5-3-2-4-6-7/h2-6H,1H3/b10-8-. The van der Waals surface area contributed by atoms with Crippen molar-refractivity contribution in [1.29, 1.82) is 0 Å². The molecule has 0 bridgehead atoms. The van der Waals surface area contributed by atoms with Crippen molar-refractivity contribution in [1.82, 2.24) is 0 Å². The largest absolute Gasteiger partial charge is 0.480 e. The number of benzene rings is 1. The summed E-state index contributed by atoms with van der Waals surface area (Å²) < 4.78 is 8.35. The first-order valence-electron chi connectivity index (χ1n) is 3.17. The molecule has 0 spiro atoms. The molecule has 1 aromatic rings. The van der Waals surface area contributed by atoms with Crippen LogP contribution < -0.4 is 0 Å². The zero-order valence-corrected chi connectivity index (χ0v) is 6.88. The van der Waals surface area contributed by atoms with Crippen LogP contribution in [0.5, 0.6) is 0 Å². The van der Waals surface area contributed by atoms with Gasteiger partial charge in [-0.25, -0.2) is 0 Å². The number of halogens is 1. The Labute approximate surface area is 70.6 Å². The molecule has 1 aromatic carbocycles. The van der Waals surface area contributed by atoms with Gasteiger partial charge in [-0.3, -0.25) is 0 Å². The Morgan fingerprint density at radius 1 is 1.36 bits per heavy atom. The summed E-state index contributed by atoms with van der Waals surface area (Å²) in [4.78, 5) is 0. The summed E-state index contributed by atoms with van der Waals surface area (Å²) in [6, 6.07) is 9.48. The van der Waals surface area contributed by atoms with Gasteiger partial charge in [0.05, 0.1) is 7.11 Å². The number of hydrogen-bond donors (Lipinski definition) is 0. The average molecular weight is 170 g/mol. The number of methoxy groups -OCH3 is 1. The number of rotatable bonds is 1. The number of ether oxygens (including phenoxy) is 1. The van der Waals surface area contributed by atoms with Crippen LogP contribution in [-0.2, 0) is 4.74 Å². The number of hydrogen-bond acceptors (Lipinski definition) is 2. The fourth-order valence-corrected chi connectivity index (χ4v) is 0.948. The van der Waals surface area contributed by atoms with Crippen molar-refractivity contribution in [2.75, 3.05) is 7.11 Å². The molecule has 0 aromatic heterocycles. The molecule has 0 N–H and O–H groups in total. The van der Waals surface area contributed by atoms with Gasteiger partial charge in [0, 0.05) is 17.3 Å². The van der Waals surface area contributed by atoms with Gasteiger partial charge in [0.1, 0.15) is 0 Å². The Balaban J connectivity index is 2.92. The lowest BCUT2D eigenvalue weighted by atomic mass is 10.2. The molecule has 11 heavy (non-hydrogen) atoms. The minimum absolute atomic E-state index is 0.437. The van der Waals surface area contributed by atoms with E-state index in [1.807, 2.05) is 30.3 Å². The summed E-state index contributed by atoms with van der Waals surface area (Å²) in [6.45, 7) is 0. The Morgan fingerprint density at radius 2 is 2.00 bits per heavy atom.